The fraction of sp³-hybridized carbons (Fsp3) is 0.278. The predicted octanol–water partition coefficient (Wildman–Crippen LogP) is 4.35. The Labute approximate surface area is 140 Å². The van der Waals surface area contributed by atoms with Crippen LogP contribution in [-0.2, 0) is 0 Å². The average molecular weight is 327 g/mol. The van der Waals surface area contributed by atoms with Crippen LogP contribution in [0.3, 0.4) is 0 Å². The lowest BCUT2D eigenvalue weighted by atomic mass is 10.1. The number of unbranched alkanes of at least 4 members (excludes halogenated alkanes) is 1. The maximum Gasteiger partial charge on any atom is 0.255 e. The molecule has 3 N–H and O–H groups in total. The first-order chi connectivity index (χ1) is 11.5. The summed E-state index contributed by atoms with van der Waals surface area (Å²) < 4.78 is 0. The van der Waals surface area contributed by atoms with Crippen LogP contribution in [-0.4, -0.2) is 22.7 Å². The Balaban J connectivity index is 2.19. The number of hydrogen-bond acceptors (Lipinski definition) is 5. The lowest BCUT2D eigenvalue weighted by Gasteiger charge is -2.06. The van der Waals surface area contributed by atoms with Gasteiger partial charge in [-0.15, -0.1) is 5.11 Å². The number of phenolic OH excluding ortho intramolecular Hbond substituents is 2. The van der Waals surface area contributed by atoms with E-state index >= 15 is 0 Å². The summed E-state index contributed by atoms with van der Waals surface area (Å²) >= 11 is 0. The zero-order chi connectivity index (χ0) is 17.5. The van der Waals surface area contributed by atoms with E-state index in [2.05, 4.69) is 15.5 Å². The van der Waals surface area contributed by atoms with Crippen molar-refractivity contribution in [2.45, 2.75) is 26.7 Å². The Morgan fingerprint density at radius 3 is 2.58 bits per heavy atom. The highest BCUT2D eigenvalue weighted by molar-refractivity contribution is 5.97. The molecule has 0 aromatic heterocycles. The number of carbonyl (C=O) groups is 1. The molecule has 0 fully saturated rings. The number of benzene rings is 2. The van der Waals surface area contributed by atoms with E-state index in [1.807, 2.05) is 13.8 Å². The highest BCUT2D eigenvalue weighted by atomic mass is 16.3. The standard InChI is InChI=1S/C18H21N3O3/c1-3-4-9-19-18(24)14-11-13(6-8-16(14)22)20-21-15-10-12(2)5-7-17(15)23/h5-8,10-11,22-23H,3-4,9H2,1-2H3,(H,19,24)/b21-20+. The zero-order valence-electron chi connectivity index (χ0n) is 13.8. The summed E-state index contributed by atoms with van der Waals surface area (Å²) in [5.41, 5.74) is 1.85. The summed E-state index contributed by atoms with van der Waals surface area (Å²) in [5.74, 6) is -0.432. The van der Waals surface area contributed by atoms with Crippen molar-refractivity contribution >= 4 is 17.3 Å². The number of hydrogen-bond donors (Lipinski definition) is 3. The molecular weight excluding hydrogens is 306 g/mol. The number of carbonyl (C=O) groups excluding carboxylic acids is 1. The van der Waals surface area contributed by atoms with Gasteiger partial charge in [0.2, 0.25) is 0 Å². The van der Waals surface area contributed by atoms with Gasteiger partial charge in [-0.3, -0.25) is 4.79 Å². The molecule has 1 amide bonds. The highest BCUT2D eigenvalue weighted by Crippen LogP contribution is 2.30. The Morgan fingerprint density at radius 2 is 1.83 bits per heavy atom. The monoisotopic (exact) mass is 327 g/mol. The quantitative estimate of drug-likeness (QED) is 0.543. The molecule has 2 aromatic rings. The van der Waals surface area contributed by atoms with E-state index in [-0.39, 0.29) is 23.0 Å². The largest absolute Gasteiger partial charge is 0.507 e. The summed E-state index contributed by atoms with van der Waals surface area (Å²) in [6, 6.07) is 9.44. The zero-order valence-corrected chi connectivity index (χ0v) is 13.8. The number of rotatable bonds is 6. The predicted molar refractivity (Wildman–Crippen MR) is 92.4 cm³/mol. The Bertz CT molecular complexity index is 757. The first-order valence-corrected chi connectivity index (χ1v) is 7.84. The van der Waals surface area contributed by atoms with Crippen LogP contribution in [0.4, 0.5) is 11.4 Å². The maximum atomic E-state index is 12.1. The molecule has 6 heteroatoms. The molecule has 2 rings (SSSR count). The third-order valence-corrected chi connectivity index (χ3v) is 3.44. The summed E-state index contributed by atoms with van der Waals surface area (Å²) in [6.07, 6.45) is 1.85. The van der Waals surface area contributed by atoms with Gasteiger partial charge in [-0.25, -0.2) is 0 Å². The van der Waals surface area contributed by atoms with Gasteiger partial charge < -0.3 is 15.5 Å². The molecule has 0 aliphatic carbocycles. The van der Waals surface area contributed by atoms with Crippen molar-refractivity contribution in [1.82, 2.24) is 5.32 Å². The van der Waals surface area contributed by atoms with Crippen LogP contribution in [0, 0.1) is 6.92 Å². The first-order valence-electron chi connectivity index (χ1n) is 7.84. The maximum absolute atomic E-state index is 12.1. The Morgan fingerprint density at radius 1 is 1.08 bits per heavy atom. The van der Waals surface area contributed by atoms with Crippen LogP contribution in [0.5, 0.6) is 11.5 Å². The number of nitrogens with zero attached hydrogens (tertiary/aromatic N) is 2. The molecule has 2 aromatic carbocycles. The second kappa shape index (κ2) is 8.10. The van der Waals surface area contributed by atoms with Crippen molar-refractivity contribution in [3.8, 4) is 11.5 Å². The van der Waals surface area contributed by atoms with Gasteiger partial charge in [0.05, 0.1) is 11.3 Å². The topological polar surface area (TPSA) is 94.3 Å². The van der Waals surface area contributed by atoms with E-state index in [9.17, 15) is 15.0 Å². The van der Waals surface area contributed by atoms with E-state index in [1.54, 1.807) is 24.3 Å². The summed E-state index contributed by atoms with van der Waals surface area (Å²) in [5, 5.41) is 30.4. The molecule has 0 saturated heterocycles. The molecule has 0 radical (unpaired) electrons. The van der Waals surface area contributed by atoms with Crippen molar-refractivity contribution < 1.29 is 15.0 Å². The van der Waals surface area contributed by atoms with Crippen LogP contribution in [0.1, 0.15) is 35.7 Å². The van der Waals surface area contributed by atoms with Crippen LogP contribution < -0.4 is 5.32 Å². The smallest absolute Gasteiger partial charge is 0.255 e. The number of amides is 1. The molecule has 0 aliphatic rings. The second-order valence-corrected chi connectivity index (χ2v) is 5.50. The van der Waals surface area contributed by atoms with Gasteiger partial charge in [0.1, 0.15) is 17.2 Å². The normalized spacial score (nSPS) is 10.9. The number of azo groups is 1. The minimum absolute atomic E-state index is 0.0284. The van der Waals surface area contributed by atoms with Crippen LogP contribution in [0.2, 0.25) is 0 Å². The number of phenols is 2. The summed E-state index contributed by atoms with van der Waals surface area (Å²) in [6.45, 7) is 4.47. The van der Waals surface area contributed by atoms with E-state index in [4.69, 9.17) is 0 Å². The lowest BCUT2D eigenvalue weighted by Crippen LogP contribution is -2.24. The highest BCUT2D eigenvalue weighted by Gasteiger charge is 2.11. The van der Waals surface area contributed by atoms with Gasteiger partial charge in [0, 0.05) is 6.54 Å². The molecular formula is C18H21N3O3. The Hall–Kier alpha value is -2.89. The lowest BCUT2D eigenvalue weighted by molar-refractivity contribution is 0.0950. The fourth-order valence-corrected chi connectivity index (χ4v) is 2.07. The van der Waals surface area contributed by atoms with Crippen molar-refractivity contribution in [3.05, 3.63) is 47.5 Å². The molecule has 0 aliphatic heterocycles. The molecule has 126 valence electrons. The first kappa shape index (κ1) is 17.5. The third kappa shape index (κ3) is 4.55. The van der Waals surface area contributed by atoms with E-state index < -0.39 is 0 Å². The van der Waals surface area contributed by atoms with Crippen molar-refractivity contribution in [2.75, 3.05) is 6.54 Å². The third-order valence-electron chi connectivity index (χ3n) is 3.44. The minimum Gasteiger partial charge on any atom is -0.507 e. The van der Waals surface area contributed by atoms with Crippen LogP contribution in [0.25, 0.3) is 0 Å². The van der Waals surface area contributed by atoms with Crippen molar-refractivity contribution in [1.29, 1.82) is 0 Å². The fourth-order valence-electron chi connectivity index (χ4n) is 2.07. The number of aryl methyl sites for hydroxylation is 1. The van der Waals surface area contributed by atoms with Gasteiger partial charge in [-0.05, 0) is 49.2 Å². The van der Waals surface area contributed by atoms with Crippen molar-refractivity contribution in [3.63, 3.8) is 0 Å². The number of nitrogens with one attached hydrogen (secondary N) is 1. The van der Waals surface area contributed by atoms with E-state index in [0.29, 0.717) is 17.9 Å². The summed E-state index contributed by atoms with van der Waals surface area (Å²) in [4.78, 5) is 12.1. The summed E-state index contributed by atoms with van der Waals surface area (Å²) in [7, 11) is 0. The minimum atomic E-state index is -0.351. The molecule has 0 heterocycles. The molecule has 24 heavy (non-hydrogen) atoms. The molecule has 0 saturated carbocycles. The molecule has 0 spiro atoms. The Kier molecular flexibility index (Phi) is 5.89. The van der Waals surface area contributed by atoms with Gasteiger partial charge in [-0.1, -0.05) is 19.4 Å². The molecule has 0 unspecified atom stereocenters. The van der Waals surface area contributed by atoms with Gasteiger partial charge >= 0.3 is 0 Å². The molecule has 0 bridgehead atoms. The second-order valence-electron chi connectivity index (χ2n) is 5.50. The van der Waals surface area contributed by atoms with Gasteiger partial charge in [0.25, 0.3) is 5.91 Å². The van der Waals surface area contributed by atoms with Crippen molar-refractivity contribution in [2.24, 2.45) is 10.2 Å². The van der Waals surface area contributed by atoms with Crippen LogP contribution in [0.15, 0.2) is 46.6 Å². The van der Waals surface area contributed by atoms with E-state index in [1.165, 1.54) is 12.1 Å². The van der Waals surface area contributed by atoms with Gasteiger partial charge in [0.15, 0.2) is 0 Å². The van der Waals surface area contributed by atoms with Crippen LogP contribution >= 0.6 is 0 Å². The average Bonchev–Trinajstić information content (AvgIpc) is 2.57. The van der Waals surface area contributed by atoms with Gasteiger partial charge in [-0.2, -0.15) is 5.11 Å². The molecule has 0 atom stereocenters. The molecule has 6 nitrogen and oxygen atoms in total. The SMILES string of the molecule is CCCCNC(=O)c1cc(/N=N/c2cc(C)ccc2O)ccc1O. The van der Waals surface area contributed by atoms with E-state index in [0.717, 1.165) is 18.4 Å². The number of aromatic hydroxyl groups is 2.